The number of hydrogen-bond donors (Lipinski definition) is 2. The summed E-state index contributed by atoms with van der Waals surface area (Å²) in [6.07, 6.45) is 9.31. The number of aromatic amines is 1. The Balaban J connectivity index is 1.22. The van der Waals surface area contributed by atoms with Gasteiger partial charge in [-0.1, -0.05) is 12.1 Å². The summed E-state index contributed by atoms with van der Waals surface area (Å²) in [5.74, 6) is 2.58. The third kappa shape index (κ3) is 4.07. The van der Waals surface area contributed by atoms with E-state index in [-0.39, 0.29) is 16.7 Å². The molecule has 11 heteroatoms. The number of nitro groups is 2. The highest BCUT2D eigenvalue weighted by Gasteiger charge is 2.51. The van der Waals surface area contributed by atoms with Crippen molar-refractivity contribution in [3.63, 3.8) is 0 Å². The zero-order valence-electron chi connectivity index (χ0n) is 20.9. The summed E-state index contributed by atoms with van der Waals surface area (Å²) >= 11 is 0. The van der Waals surface area contributed by atoms with Gasteiger partial charge in [0.25, 0.3) is 11.2 Å². The lowest BCUT2D eigenvalue weighted by Gasteiger charge is -2.57. The number of rotatable bonds is 7. The van der Waals surface area contributed by atoms with Gasteiger partial charge in [-0.05, 0) is 92.4 Å². The number of anilines is 1. The molecule has 0 aliphatic heterocycles. The Morgan fingerprint density at radius 2 is 1.63 bits per heavy atom. The van der Waals surface area contributed by atoms with E-state index in [1.54, 1.807) is 6.92 Å². The highest BCUT2D eigenvalue weighted by atomic mass is 16.6. The van der Waals surface area contributed by atoms with Crippen molar-refractivity contribution in [1.29, 1.82) is 0 Å². The van der Waals surface area contributed by atoms with Crippen LogP contribution in [0.15, 0.2) is 52.4 Å². The fraction of sp³-hybridized carbons (Fsp3) is 0.407. The number of aromatic nitrogens is 2. The van der Waals surface area contributed by atoms with E-state index in [4.69, 9.17) is 0 Å². The van der Waals surface area contributed by atoms with Crippen LogP contribution >= 0.6 is 0 Å². The first-order valence-corrected chi connectivity index (χ1v) is 12.9. The van der Waals surface area contributed by atoms with Crippen LogP contribution in [-0.2, 0) is 5.41 Å². The molecular weight excluding hydrogens is 488 g/mol. The van der Waals surface area contributed by atoms with Crippen LogP contribution in [0.1, 0.15) is 55.3 Å². The lowest BCUT2D eigenvalue weighted by molar-refractivity contribution is -0.393. The standard InChI is InChI=1S/C27H28N6O5/c1-16-23(15-28-29-24-7-6-22(32(35)36)11-25(24)33(37)38)26(34)31(30-16)21-4-2-20(3-5-21)27-12-17-8-18(13-27)10-19(9-17)14-27/h2-7,11,15,17-19,29-30H,8-10,12-14H2,1H3. The van der Waals surface area contributed by atoms with Gasteiger partial charge >= 0.3 is 5.69 Å². The molecule has 4 saturated carbocycles. The SMILES string of the molecule is Cc1[nH]n(-c2ccc(C34CC5CC(CC(C5)C3)C4)cc2)c(=O)c1C=NNc1ccc([N+](=O)[O-])cc1[N+](=O)[O-]. The van der Waals surface area contributed by atoms with E-state index in [2.05, 4.69) is 27.8 Å². The number of benzene rings is 2. The average Bonchev–Trinajstić information content (AvgIpc) is 3.16. The van der Waals surface area contributed by atoms with E-state index in [0.717, 1.165) is 35.6 Å². The quantitative estimate of drug-likeness (QED) is 0.250. The summed E-state index contributed by atoms with van der Waals surface area (Å²) in [5, 5.41) is 29.3. The van der Waals surface area contributed by atoms with Crippen molar-refractivity contribution in [2.24, 2.45) is 22.9 Å². The van der Waals surface area contributed by atoms with Gasteiger partial charge in [-0.3, -0.25) is 35.5 Å². The minimum absolute atomic E-state index is 0.0226. The number of non-ortho nitro benzene ring substituents is 1. The van der Waals surface area contributed by atoms with Gasteiger partial charge in [0.15, 0.2) is 0 Å². The van der Waals surface area contributed by atoms with E-state index < -0.39 is 21.2 Å². The molecule has 4 aliphatic carbocycles. The van der Waals surface area contributed by atoms with Crippen LogP contribution in [0.5, 0.6) is 0 Å². The van der Waals surface area contributed by atoms with Gasteiger partial charge in [0.2, 0.25) is 0 Å². The maximum absolute atomic E-state index is 13.2. The minimum Gasteiger partial charge on any atom is -0.295 e. The van der Waals surface area contributed by atoms with E-state index >= 15 is 0 Å². The molecule has 0 radical (unpaired) electrons. The number of nitrogens with one attached hydrogen (secondary N) is 2. The molecule has 0 atom stereocenters. The lowest BCUT2D eigenvalue weighted by Crippen LogP contribution is -2.48. The molecule has 7 rings (SSSR count). The molecule has 1 heterocycles. The first-order valence-electron chi connectivity index (χ1n) is 12.9. The van der Waals surface area contributed by atoms with E-state index in [1.165, 1.54) is 61.1 Å². The predicted octanol–water partition coefficient (Wildman–Crippen LogP) is 5.20. The maximum atomic E-state index is 13.2. The van der Waals surface area contributed by atoms with Crippen molar-refractivity contribution >= 4 is 23.3 Å². The Morgan fingerprint density at radius 3 is 2.21 bits per heavy atom. The molecule has 0 unspecified atom stereocenters. The smallest absolute Gasteiger partial charge is 0.295 e. The fourth-order valence-electron chi connectivity index (χ4n) is 7.37. The molecule has 38 heavy (non-hydrogen) atoms. The first-order chi connectivity index (χ1) is 18.2. The molecule has 3 aromatic rings. The van der Waals surface area contributed by atoms with Gasteiger partial charge < -0.3 is 0 Å². The zero-order chi connectivity index (χ0) is 26.6. The minimum atomic E-state index is -0.730. The van der Waals surface area contributed by atoms with Crippen LogP contribution in [0.2, 0.25) is 0 Å². The summed E-state index contributed by atoms with van der Waals surface area (Å²) in [7, 11) is 0. The average molecular weight is 517 g/mol. The van der Waals surface area contributed by atoms with Crippen LogP contribution in [0.3, 0.4) is 0 Å². The normalized spacial score (nSPS) is 25.7. The number of H-pyrrole nitrogens is 1. The molecule has 4 fully saturated rings. The van der Waals surface area contributed by atoms with Crippen LogP contribution in [0.4, 0.5) is 17.1 Å². The molecule has 0 saturated heterocycles. The van der Waals surface area contributed by atoms with Crippen LogP contribution < -0.4 is 11.0 Å². The Bertz CT molecular complexity index is 1480. The van der Waals surface area contributed by atoms with Crippen molar-refractivity contribution in [3.05, 3.63) is 89.9 Å². The number of aryl methyl sites for hydroxylation is 1. The summed E-state index contributed by atoms with van der Waals surface area (Å²) in [6, 6.07) is 11.5. The van der Waals surface area contributed by atoms with Crippen LogP contribution in [0, 0.1) is 44.9 Å². The Labute approximate surface area is 217 Å². The maximum Gasteiger partial charge on any atom is 0.301 e. The van der Waals surface area contributed by atoms with Crippen molar-refractivity contribution in [2.45, 2.75) is 50.9 Å². The van der Waals surface area contributed by atoms with E-state index in [0.29, 0.717) is 11.3 Å². The van der Waals surface area contributed by atoms with Crippen LogP contribution in [0.25, 0.3) is 5.69 Å². The number of nitro benzene ring substituents is 2. The molecule has 1 aromatic heterocycles. The Morgan fingerprint density at radius 1 is 1.00 bits per heavy atom. The molecule has 2 aromatic carbocycles. The largest absolute Gasteiger partial charge is 0.301 e. The summed E-state index contributed by atoms with van der Waals surface area (Å²) in [5.41, 5.74) is 4.60. The van der Waals surface area contributed by atoms with Gasteiger partial charge in [0, 0.05) is 11.8 Å². The van der Waals surface area contributed by atoms with E-state index in [1.807, 2.05) is 12.1 Å². The summed E-state index contributed by atoms with van der Waals surface area (Å²) in [4.78, 5) is 34.0. The lowest BCUT2D eigenvalue weighted by atomic mass is 9.48. The number of hydrazone groups is 1. The molecule has 0 spiro atoms. The predicted molar refractivity (Wildman–Crippen MR) is 142 cm³/mol. The summed E-state index contributed by atoms with van der Waals surface area (Å²) < 4.78 is 1.47. The highest BCUT2D eigenvalue weighted by molar-refractivity contribution is 5.81. The van der Waals surface area contributed by atoms with Crippen LogP contribution in [-0.4, -0.2) is 25.8 Å². The van der Waals surface area contributed by atoms with Crippen molar-refractivity contribution in [1.82, 2.24) is 9.78 Å². The second kappa shape index (κ2) is 8.93. The Kier molecular flexibility index (Phi) is 5.66. The molecular formula is C27H28N6O5. The second-order valence-corrected chi connectivity index (χ2v) is 11.1. The highest BCUT2D eigenvalue weighted by Crippen LogP contribution is 2.60. The van der Waals surface area contributed by atoms with Gasteiger partial charge in [0.05, 0.1) is 33.4 Å². The number of hydrogen-bond acceptors (Lipinski definition) is 7. The monoisotopic (exact) mass is 516 g/mol. The zero-order valence-corrected chi connectivity index (χ0v) is 20.9. The molecule has 4 bridgehead atoms. The van der Waals surface area contributed by atoms with Crippen molar-refractivity contribution < 1.29 is 9.85 Å². The molecule has 11 nitrogen and oxygen atoms in total. The molecule has 196 valence electrons. The van der Waals surface area contributed by atoms with Gasteiger partial charge in [0.1, 0.15) is 5.69 Å². The first kappa shape index (κ1) is 24.1. The summed E-state index contributed by atoms with van der Waals surface area (Å²) in [6.45, 7) is 1.75. The molecule has 0 amide bonds. The van der Waals surface area contributed by atoms with E-state index in [9.17, 15) is 25.0 Å². The molecule has 4 aliphatic rings. The number of nitrogens with zero attached hydrogens (tertiary/aromatic N) is 4. The van der Waals surface area contributed by atoms with Crippen molar-refractivity contribution in [2.75, 3.05) is 5.43 Å². The Hall–Kier alpha value is -4.28. The third-order valence-corrected chi connectivity index (χ3v) is 8.66. The third-order valence-electron chi connectivity index (χ3n) is 8.66. The van der Waals surface area contributed by atoms with Gasteiger partial charge in [-0.2, -0.15) is 5.10 Å². The fourth-order valence-corrected chi connectivity index (χ4v) is 7.37. The van der Waals surface area contributed by atoms with Gasteiger partial charge in [-0.25, -0.2) is 4.68 Å². The van der Waals surface area contributed by atoms with Crippen molar-refractivity contribution in [3.8, 4) is 5.69 Å². The topological polar surface area (TPSA) is 148 Å². The van der Waals surface area contributed by atoms with Gasteiger partial charge in [-0.15, -0.1) is 0 Å². The second-order valence-electron chi connectivity index (χ2n) is 11.1. The molecule has 2 N–H and O–H groups in total.